The summed E-state index contributed by atoms with van der Waals surface area (Å²) in [6, 6.07) is 2.74. The minimum atomic E-state index is -3.88. The number of carbonyl (C=O) groups is 1. The fourth-order valence-electron chi connectivity index (χ4n) is 1.29. The van der Waals surface area contributed by atoms with Crippen LogP contribution in [-0.4, -0.2) is 35.1 Å². The number of halogens is 1. The molecule has 0 heterocycles. The molecule has 0 bridgehead atoms. The first-order valence-corrected chi connectivity index (χ1v) is 7.29. The topological polar surface area (TPSA) is 108 Å². The van der Waals surface area contributed by atoms with E-state index in [0.29, 0.717) is 5.75 Å². The first-order valence-electron chi connectivity index (χ1n) is 5.01. The molecule has 0 aliphatic carbocycles. The number of nitrogens with two attached hydrogens (primary N) is 1. The number of ether oxygens (including phenoxy) is 2. The summed E-state index contributed by atoms with van der Waals surface area (Å²) < 4.78 is 36.4. The van der Waals surface area contributed by atoms with Gasteiger partial charge in [-0.05, 0) is 22.0 Å². The number of methoxy groups -OCH3 is 2. The van der Waals surface area contributed by atoms with Crippen molar-refractivity contribution in [3.8, 4) is 11.5 Å². The largest absolute Gasteiger partial charge is 0.493 e. The third-order valence-corrected chi connectivity index (χ3v) is 4.52. The van der Waals surface area contributed by atoms with Crippen LogP contribution in [0.15, 0.2) is 21.5 Å². The van der Waals surface area contributed by atoms with Gasteiger partial charge < -0.3 is 15.2 Å². The number of rotatable bonds is 6. The number of hydrogen-bond donors (Lipinski definition) is 2. The monoisotopic (exact) mass is 352 g/mol. The molecule has 0 saturated heterocycles. The number of nitrogens with one attached hydrogen (secondary N) is 1. The highest BCUT2D eigenvalue weighted by molar-refractivity contribution is 9.10. The summed E-state index contributed by atoms with van der Waals surface area (Å²) >= 11 is 3.12. The molecule has 0 radical (unpaired) electrons. The normalized spacial score (nSPS) is 11.1. The van der Waals surface area contributed by atoms with E-state index in [0.717, 1.165) is 0 Å². The Balaban J connectivity index is 3.23. The zero-order chi connectivity index (χ0) is 14.6. The van der Waals surface area contributed by atoms with E-state index in [1.807, 2.05) is 0 Å². The van der Waals surface area contributed by atoms with Crippen molar-refractivity contribution in [2.24, 2.45) is 5.73 Å². The quantitative estimate of drug-likeness (QED) is 0.761. The van der Waals surface area contributed by atoms with E-state index in [4.69, 9.17) is 15.2 Å². The van der Waals surface area contributed by atoms with Crippen LogP contribution in [0.5, 0.6) is 11.5 Å². The van der Waals surface area contributed by atoms with Gasteiger partial charge in [0.15, 0.2) is 11.5 Å². The lowest BCUT2D eigenvalue weighted by Crippen LogP contribution is -2.33. The fraction of sp³-hybridized carbons (Fsp3) is 0.300. The van der Waals surface area contributed by atoms with Gasteiger partial charge in [0, 0.05) is 10.5 Å². The smallest absolute Gasteiger partial charge is 0.242 e. The van der Waals surface area contributed by atoms with Crippen molar-refractivity contribution in [3.05, 3.63) is 16.6 Å². The van der Waals surface area contributed by atoms with Crippen LogP contribution in [0.3, 0.4) is 0 Å². The van der Waals surface area contributed by atoms with Crippen LogP contribution < -0.4 is 19.9 Å². The molecule has 1 aromatic rings. The lowest BCUT2D eigenvalue weighted by molar-refractivity contribution is -0.116. The number of hydrogen-bond acceptors (Lipinski definition) is 5. The van der Waals surface area contributed by atoms with Crippen LogP contribution in [0, 0.1) is 0 Å². The Kier molecular flexibility index (Phi) is 5.15. The van der Waals surface area contributed by atoms with E-state index in [2.05, 4.69) is 20.7 Å². The highest BCUT2D eigenvalue weighted by Gasteiger charge is 2.21. The van der Waals surface area contributed by atoms with Crippen LogP contribution in [0.25, 0.3) is 0 Å². The van der Waals surface area contributed by atoms with Gasteiger partial charge in [-0.3, -0.25) is 4.79 Å². The number of sulfonamides is 1. The van der Waals surface area contributed by atoms with Crippen molar-refractivity contribution in [1.29, 1.82) is 0 Å². The summed E-state index contributed by atoms with van der Waals surface area (Å²) in [4.78, 5) is 10.5. The third kappa shape index (κ3) is 3.82. The first kappa shape index (κ1) is 15.7. The van der Waals surface area contributed by atoms with Crippen molar-refractivity contribution >= 4 is 31.9 Å². The maximum Gasteiger partial charge on any atom is 0.242 e. The van der Waals surface area contributed by atoms with E-state index >= 15 is 0 Å². The molecule has 1 aromatic carbocycles. The zero-order valence-electron chi connectivity index (χ0n) is 10.3. The molecule has 0 aliphatic rings. The van der Waals surface area contributed by atoms with Crippen molar-refractivity contribution < 1.29 is 22.7 Å². The second-order valence-corrected chi connectivity index (χ2v) is 6.02. The average Bonchev–Trinajstić information content (AvgIpc) is 2.35. The summed E-state index contributed by atoms with van der Waals surface area (Å²) in [6.45, 7) is -0.483. The summed E-state index contributed by atoms with van der Waals surface area (Å²) in [5, 5.41) is 0. The molecule has 0 spiro atoms. The predicted octanol–water partition coefficient (Wildman–Crippen LogP) is 0.230. The summed E-state index contributed by atoms with van der Waals surface area (Å²) in [6.07, 6.45) is 0. The van der Waals surface area contributed by atoms with Crippen molar-refractivity contribution in [2.45, 2.75) is 4.90 Å². The Morgan fingerprint density at radius 2 is 1.84 bits per heavy atom. The summed E-state index contributed by atoms with van der Waals surface area (Å²) in [7, 11) is -1.05. The van der Waals surface area contributed by atoms with Crippen LogP contribution in [0.1, 0.15) is 0 Å². The van der Waals surface area contributed by atoms with E-state index in [-0.39, 0.29) is 15.1 Å². The Hall–Kier alpha value is -1.32. The number of carbonyl (C=O) groups excluding carboxylic acids is 1. The summed E-state index contributed by atoms with van der Waals surface area (Å²) in [5.74, 6) is -0.145. The van der Waals surface area contributed by atoms with Gasteiger partial charge in [-0.2, -0.15) is 0 Å². The second-order valence-electron chi connectivity index (χ2n) is 3.43. The Morgan fingerprint density at radius 1 is 1.32 bits per heavy atom. The second kappa shape index (κ2) is 6.22. The molecule has 106 valence electrons. The number of benzene rings is 1. The highest BCUT2D eigenvalue weighted by Crippen LogP contribution is 2.35. The average molecular weight is 353 g/mol. The van der Waals surface area contributed by atoms with E-state index in [1.54, 1.807) is 0 Å². The molecule has 0 atom stereocenters. The zero-order valence-corrected chi connectivity index (χ0v) is 12.7. The maximum absolute atomic E-state index is 12.0. The SMILES string of the molecule is COc1cc(Br)c(S(=O)(=O)NCC(N)=O)cc1OC. The first-order chi connectivity index (χ1) is 8.81. The van der Waals surface area contributed by atoms with Gasteiger partial charge in [-0.15, -0.1) is 0 Å². The molecular formula is C10H13BrN2O5S. The molecule has 1 rings (SSSR count). The van der Waals surface area contributed by atoms with Gasteiger partial charge in [-0.1, -0.05) is 0 Å². The maximum atomic E-state index is 12.0. The van der Waals surface area contributed by atoms with E-state index < -0.39 is 22.5 Å². The Labute approximate surface area is 119 Å². The van der Waals surface area contributed by atoms with Crippen LogP contribution >= 0.6 is 15.9 Å². The van der Waals surface area contributed by atoms with Gasteiger partial charge in [0.2, 0.25) is 15.9 Å². The number of amides is 1. The van der Waals surface area contributed by atoms with Crippen LogP contribution in [0.4, 0.5) is 0 Å². The van der Waals surface area contributed by atoms with Gasteiger partial charge in [-0.25, -0.2) is 13.1 Å². The Morgan fingerprint density at radius 3 is 2.32 bits per heavy atom. The minimum absolute atomic E-state index is 0.0774. The van der Waals surface area contributed by atoms with Gasteiger partial charge in [0.25, 0.3) is 0 Å². The van der Waals surface area contributed by atoms with E-state index in [1.165, 1.54) is 26.4 Å². The van der Waals surface area contributed by atoms with Crippen molar-refractivity contribution in [2.75, 3.05) is 20.8 Å². The standard InChI is InChI=1S/C10H13BrN2O5S/c1-17-7-3-6(11)9(4-8(7)18-2)19(15,16)13-5-10(12)14/h3-4,13H,5H2,1-2H3,(H2,12,14). The minimum Gasteiger partial charge on any atom is -0.493 e. The molecule has 0 unspecified atom stereocenters. The summed E-state index contributed by atoms with van der Waals surface area (Å²) in [5.41, 5.74) is 4.90. The molecule has 7 nitrogen and oxygen atoms in total. The van der Waals surface area contributed by atoms with Crippen LogP contribution in [0.2, 0.25) is 0 Å². The van der Waals surface area contributed by atoms with Gasteiger partial charge >= 0.3 is 0 Å². The molecule has 9 heteroatoms. The molecule has 0 aromatic heterocycles. The Bertz CT molecular complexity index is 588. The molecular weight excluding hydrogens is 340 g/mol. The van der Waals surface area contributed by atoms with Crippen molar-refractivity contribution in [1.82, 2.24) is 4.72 Å². The predicted molar refractivity (Wildman–Crippen MR) is 71.6 cm³/mol. The van der Waals surface area contributed by atoms with Gasteiger partial charge in [0.05, 0.1) is 20.8 Å². The molecule has 19 heavy (non-hydrogen) atoms. The molecule has 0 aliphatic heterocycles. The third-order valence-electron chi connectivity index (χ3n) is 2.16. The highest BCUT2D eigenvalue weighted by atomic mass is 79.9. The van der Waals surface area contributed by atoms with Gasteiger partial charge in [0.1, 0.15) is 4.90 Å². The lowest BCUT2D eigenvalue weighted by Gasteiger charge is -2.12. The fourth-order valence-corrected chi connectivity index (χ4v) is 3.31. The lowest BCUT2D eigenvalue weighted by atomic mass is 10.3. The van der Waals surface area contributed by atoms with E-state index in [9.17, 15) is 13.2 Å². The molecule has 0 saturated carbocycles. The van der Waals surface area contributed by atoms with Crippen molar-refractivity contribution in [3.63, 3.8) is 0 Å². The number of primary amides is 1. The molecule has 1 amide bonds. The molecule has 3 N–H and O–H groups in total. The van der Waals surface area contributed by atoms with Crippen LogP contribution in [-0.2, 0) is 14.8 Å². The molecule has 0 fully saturated rings.